The van der Waals surface area contributed by atoms with Crippen molar-refractivity contribution >= 4 is 5.69 Å². The highest BCUT2D eigenvalue weighted by molar-refractivity contribution is 5.63. The third-order valence-electron chi connectivity index (χ3n) is 2.09. The van der Waals surface area contributed by atoms with E-state index in [1.807, 2.05) is 6.07 Å². The number of phenols is 1. The lowest BCUT2D eigenvalue weighted by Gasteiger charge is -2.03. The maximum absolute atomic E-state index is 9.59. The van der Waals surface area contributed by atoms with E-state index >= 15 is 0 Å². The molecule has 0 atom stereocenters. The van der Waals surface area contributed by atoms with Gasteiger partial charge in [0, 0.05) is 7.05 Å². The zero-order valence-electron chi connectivity index (χ0n) is 8.31. The minimum Gasteiger partial charge on any atom is -0.507 e. The number of nitrogens with one attached hydrogen (secondary N) is 1. The van der Waals surface area contributed by atoms with Crippen LogP contribution in [0.15, 0.2) is 36.7 Å². The molecule has 0 aliphatic heterocycles. The van der Waals surface area contributed by atoms with E-state index in [0.29, 0.717) is 11.4 Å². The zero-order valence-corrected chi connectivity index (χ0v) is 8.31. The number of anilines is 1. The number of benzene rings is 1. The molecular weight excluding hydrogens is 190 g/mol. The first-order valence-electron chi connectivity index (χ1n) is 4.59. The average Bonchev–Trinajstić information content (AvgIpc) is 2.30. The van der Waals surface area contributed by atoms with Gasteiger partial charge < -0.3 is 10.4 Å². The van der Waals surface area contributed by atoms with E-state index in [9.17, 15) is 5.11 Å². The van der Waals surface area contributed by atoms with Crippen molar-refractivity contribution in [2.75, 3.05) is 12.4 Å². The lowest BCUT2D eigenvalue weighted by atomic mass is 10.2. The third kappa shape index (κ3) is 1.88. The summed E-state index contributed by atoms with van der Waals surface area (Å²) >= 11 is 0. The molecule has 1 aromatic heterocycles. The van der Waals surface area contributed by atoms with Crippen molar-refractivity contribution in [2.24, 2.45) is 0 Å². The van der Waals surface area contributed by atoms with Crippen molar-refractivity contribution in [2.45, 2.75) is 0 Å². The molecule has 2 rings (SSSR count). The molecule has 0 bridgehead atoms. The van der Waals surface area contributed by atoms with Crippen molar-refractivity contribution in [1.82, 2.24) is 9.97 Å². The van der Waals surface area contributed by atoms with Crippen LogP contribution in [-0.4, -0.2) is 22.1 Å². The van der Waals surface area contributed by atoms with Crippen LogP contribution in [0.5, 0.6) is 5.75 Å². The Balaban J connectivity index is 2.42. The Bertz CT molecular complexity index is 454. The second-order valence-corrected chi connectivity index (χ2v) is 3.06. The van der Waals surface area contributed by atoms with Crippen LogP contribution in [0.4, 0.5) is 5.69 Å². The van der Waals surface area contributed by atoms with Crippen molar-refractivity contribution in [3.8, 4) is 17.1 Å². The Morgan fingerprint density at radius 1 is 1.13 bits per heavy atom. The minimum absolute atomic E-state index is 0.190. The van der Waals surface area contributed by atoms with Gasteiger partial charge in [-0.05, 0) is 12.1 Å². The largest absolute Gasteiger partial charge is 0.507 e. The molecule has 0 fully saturated rings. The van der Waals surface area contributed by atoms with Gasteiger partial charge in [-0.25, -0.2) is 9.97 Å². The van der Waals surface area contributed by atoms with E-state index in [4.69, 9.17) is 0 Å². The first-order valence-corrected chi connectivity index (χ1v) is 4.59. The first kappa shape index (κ1) is 9.45. The van der Waals surface area contributed by atoms with Gasteiger partial charge in [0.1, 0.15) is 5.75 Å². The zero-order chi connectivity index (χ0) is 10.7. The number of aromatic nitrogens is 2. The number of hydrogen-bond donors (Lipinski definition) is 2. The molecule has 0 radical (unpaired) electrons. The molecule has 0 aliphatic rings. The molecule has 0 spiro atoms. The van der Waals surface area contributed by atoms with Crippen molar-refractivity contribution in [3.05, 3.63) is 36.7 Å². The second-order valence-electron chi connectivity index (χ2n) is 3.06. The van der Waals surface area contributed by atoms with Crippen LogP contribution >= 0.6 is 0 Å². The summed E-state index contributed by atoms with van der Waals surface area (Å²) in [6, 6.07) is 7.00. The minimum atomic E-state index is 0.190. The van der Waals surface area contributed by atoms with Crippen LogP contribution in [0, 0.1) is 0 Å². The van der Waals surface area contributed by atoms with Gasteiger partial charge in [-0.15, -0.1) is 0 Å². The number of para-hydroxylation sites is 1. The molecule has 0 saturated heterocycles. The molecule has 4 nitrogen and oxygen atoms in total. The van der Waals surface area contributed by atoms with Gasteiger partial charge in [0.25, 0.3) is 0 Å². The van der Waals surface area contributed by atoms with Crippen LogP contribution in [0.25, 0.3) is 11.4 Å². The van der Waals surface area contributed by atoms with Gasteiger partial charge in [0.2, 0.25) is 0 Å². The van der Waals surface area contributed by atoms with E-state index in [1.54, 1.807) is 37.6 Å². The molecule has 1 aromatic carbocycles. The SMILES string of the molecule is CNc1cnc(-c2ccccc2O)nc1. The molecule has 2 aromatic rings. The van der Waals surface area contributed by atoms with Gasteiger partial charge >= 0.3 is 0 Å². The summed E-state index contributed by atoms with van der Waals surface area (Å²) in [5.41, 5.74) is 1.48. The summed E-state index contributed by atoms with van der Waals surface area (Å²) in [5, 5.41) is 12.5. The Hall–Kier alpha value is -2.10. The molecule has 4 heteroatoms. The van der Waals surface area contributed by atoms with Crippen LogP contribution < -0.4 is 5.32 Å². The van der Waals surface area contributed by atoms with E-state index in [2.05, 4.69) is 15.3 Å². The van der Waals surface area contributed by atoms with Crippen molar-refractivity contribution < 1.29 is 5.11 Å². The van der Waals surface area contributed by atoms with Crippen molar-refractivity contribution in [1.29, 1.82) is 0 Å². The Labute approximate surface area is 87.6 Å². The fraction of sp³-hybridized carbons (Fsp3) is 0.0909. The maximum Gasteiger partial charge on any atom is 0.163 e. The first-order chi connectivity index (χ1) is 7.31. The van der Waals surface area contributed by atoms with Gasteiger partial charge in [-0.3, -0.25) is 0 Å². The molecule has 0 saturated carbocycles. The summed E-state index contributed by atoms with van der Waals surface area (Å²) in [5.74, 6) is 0.710. The highest BCUT2D eigenvalue weighted by Gasteiger charge is 2.05. The third-order valence-corrected chi connectivity index (χ3v) is 2.09. The lowest BCUT2D eigenvalue weighted by molar-refractivity contribution is 0.477. The lowest BCUT2D eigenvalue weighted by Crippen LogP contribution is -1.93. The van der Waals surface area contributed by atoms with Crippen LogP contribution in [-0.2, 0) is 0 Å². The summed E-state index contributed by atoms with van der Waals surface area (Å²) in [6.07, 6.45) is 3.35. The summed E-state index contributed by atoms with van der Waals surface area (Å²) in [4.78, 5) is 8.29. The van der Waals surface area contributed by atoms with E-state index in [1.165, 1.54) is 0 Å². The maximum atomic E-state index is 9.59. The average molecular weight is 201 g/mol. The van der Waals surface area contributed by atoms with Gasteiger partial charge in [0.15, 0.2) is 5.82 Å². The normalized spacial score (nSPS) is 9.93. The molecule has 76 valence electrons. The number of hydrogen-bond acceptors (Lipinski definition) is 4. The van der Waals surface area contributed by atoms with Crippen LogP contribution in [0.2, 0.25) is 0 Å². The van der Waals surface area contributed by atoms with Crippen LogP contribution in [0.3, 0.4) is 0 Å². The van der Waals surface area contributed by atoms with Crippen LogP contribution in [0.1, 0.15) is 0 Å². The second kappa shape index (κ2) is 3.96. The number of nitrogens with zero attached hydrogens (tertiary/aromatic N) is 2. The topological polar surface area (TPSA) is 58.0 Å². The monoisotopic (exact) mass is 201 g/mol. The molecule has 0 aliphatic carbocycles. The molecule has 15 heavy (non-hydrogen) atoms. The predicted octanol–water partition coefficient (Wildman–Crippen LogP) is 1.89. The molecule has 0 unspecified atom stereocenters. The summed E-state index contributed by atoms with van der Waals surface area (Å²) < 4.78 is 0. The molecule has 1 heterocycles. The molecule has 2 N–H and O–H groups in total. The summed E-state index contributed by atoms with van der Waals surface area (Å²) in [7, 11) is 1.80. The quantitative estimate of drug-likeness (QED) is 0.779. The van der Waals surface area contributed by atoms with Crippen molar-refractivity contribution in [3.63, 3.8) is 0 Å². The fourth-order valence-electron chi connectivity index (χ4n) is 1.26. The van der Waals surface area contributed by atoms with Gasteiger partial charge in [0.05, 0.1) is 23.6 Å². The number of aromatic hydroxyl groups is 1. The van der Waals surface area contributed by atoms with E-state index < -0.39 is 0 Å². The number of rotatable bonds is 2. The standard InChI is InChI=1S/C11H11N3O/c1-12-8-6-13-11(14-7-8)9-4-2-3-5-10(9)15/h2-7,12,15H,1H3. The van der Waals surface area contributed by atoms with Gasteiger partial charge in [-0.1, -0.05) is 12.1 Å². The summed E-state index contributed by atoms with van der Waals surface area (Å²) in [6.45, 7) is 0. The Morgan fingerprint density at radius 3 is 2.40 bits per heavy atom. The van der Waals surface area contributed by atoms with E-state index in [-0.39, 0.29) is 5.75 Å². The smallest absolute Gasteiger partial charge is 0.163 e. The fourth-order valence-corrected chi connectivity index (χ4v) is 1.26. The molecular formula is C11H11N3O. The highest BCUT2D eigenvalue weighted by Crippen LogP contribution is 2.25. The Kier molecular flexibility index (Phi) is 2.49. The Morgan fingerprint density at radius 2 is 1.80 bits per heavy atom. The van der Waals surface area contributed by atoms with E-state index in [0.717, 1.165) is 5.69 Å². The highest BCUT2D eigenvalue weighted by atomic mass is 16.3. The molecule has 0 amide bonds. The predicted molar refractivity (Wildman–Crippen MR) is 58.7 cm³/mol. The number of phenolic OH excluding ortho intramolecular Hbond substituents is 1. The van der Waals surface area contributed by atoms with Gasteiger partial charge in [-0.2, -0.15) is 0 Å².